The molecule has 82 valence electrons. The summed E-state index contributed by atoms with van der Waals surface area (Å²) in [6, 6.07) is -0.370. The van der Waals surface area contributed by atoms with E-state index in [1.807, 2.05) is 13.8 Å². The summed E-state index contributed by atoms with van der Waals surface area (Å²) >= 11 is 0. The summed E-state index contributed by atoms with van der Waals surface area (Å²) in [6.07, 6.45) is 1.12. The Hall–Kier alpha value is -0.610. The lowest BCUT2D eigenvalue weighted by Crippen LogP contribution is -2.45. The zero-order valence-electron chi connectivity index (χ0n) is 9.19. The van der Waals surface area contributed by atoms with Gasteiger partial charge in [0, 0.05) is 20.2 Å². The number of nitrogens with two attached hydrogens (primary N) is 1. The summed E-state index contributed by atoms with van der Waals surface area (Å²) in [7, 11) is 1.68. The molecule has 0 aromatic rings. The largest absolute Gasteiger partial charge is 0.380 e. The Morgan fingerprint density at radius 3 is 2.64 bits per heavy atom. The Bertz CT molecular complexity index is 206. The number of nitrogens with zero attached hydrogens (tertiary/aromatic N) is 1. The molecule has 2 N–H and O–H groups in total. The Kier molecular flexibility index (Phi) is 3.89. The molecular formula is C10H20N2O2. The molecule has 1 heterocycles. The lowest BCUT2D eigenvalue weighted by atomic mass is 10.0. The van der Waals surface area contributed by atoms with Crippen molar-refractivity contribution in [1.82, 2.24) is 4.90 Å². The first-order valence-electron chi connectivity index (χ1n) is 5.13. The van der Waals surface area contributed by atoms with Crippen LogP contribution in [0.2, 0.25) is 0 Å². The van der Waals surface area contributed by atoms with Crippen LogP contribution in [-0.2, 0) is 9.53 Å². The molecule has 0 unspecified atom stereocenters. The standard InChI is InChI=1S/C10H20N2O2/c1-7(2)9(11)10(13)12-5-4-8(6-12)14-3/h7-9H,4-6,11H2,1-3H3/t8-,9-/m0/s1. The van der Waals surface area contributed by atoms with Crippen LogP contribution in [0.3, 0.4) is 0 Å². The second-order valence-corrected chi connectivity index (χ2v) is 4.20. The minimum absolute atomic E-state index is 0.0551. The van der Waals surface area contributed by atoms with E-state index in [1.165, 1.54) is 0 Å². The lowest BCUT2D eigenvalue weighted by Gasteiger charge is -2.22. The van der Waals surface area contributed by atoms with Crippen molar-refractivity contribution in [2.45, 2.75) is 32.4 Å². The molecule has 0 radical (unpaired) electrons. The van der Waals surface area contributed by atoms with E-state index < -0.39 is 0 Å². The van der Waals surface area contributed by atoms with E-state index in [1.54, 1.807) is 12.0 Å². The highest BCUT2D eigenvalue weighted by molar-refractivity contribution is 5.82. The molecule has 4 heteroatoms. The molecule has 1 aliphatic heterocycles. The Balaban J connectivity index is 2.47. The number of ether oxygens (including phenoxy) is 1. The molecule has 2 atom stereocenters. The summed E-state index contributed by atoms with van der Waals surface area (Å²) in [6.45, 7) is 5.40. The molecule has 1 amide bonds. The van der Waals surface area contributed by atoms with Gasteiger partial charge in [-0.2, -0.15) is 0 Å². The van der Waals surface area contributed by atoms with Gasteiger partial charge < -0.3 is 15.4 Å². The molecule has 1 saturated heterocycles. The third-order valence-corrected chi connectivity index (χ3v) is 2.79. The van der Waals surface area contributed by atoms with Gasteiger partial charge in [0.05, 0.1) is 12.1 Å². The Labute approximate surface area is 85.4 Å². The number of methoxy groups -OCH3 is 1. The van der Waals surface area contributed by atoms with E-state index in [4.69, 9.17) is 10.5 Å². The minimum Gasteiger partial charge on any atom is -0.380 e. The summed E-state index contributed by atoms with van der Waals surface area (Å²) < 4.78 is 5.20. The third kappa shape index (κ3) is 2.45. The molecule has 1 aliphatic rings. The third-order valence-electron chi connectivity index (χ3n) is 2.79. The van der Waals surface area contributed by atoms with Gasteiger partial charge in [-0.25, -0.2) is 0 Å². The predicted molar refractivity (Wildman–Crippen MR) is 54.8 cm³/mol. The van der Waals surface area contributed by atoms with Crippen molar-refractivity contribution in [2.24, 2.45) is 11.7 Å². The van der Waals surface area contributed by atoms with Crippen molar-refractivity contribution in [1.29, 1.82) is 0 Å². The van der Waals surface area contributed by atoms with E-state index in [0.29, 0.717) is 6.54 Å². The summed E-state index contributed by atoms with van der Waals surface area (Å²) in [5.74, 6) is 0.253. The molecule has 0 aliphatic carbocycles. The zero-order chi connectivity index (χ0) is 10.7. The number of carbonyl (C=O) groups is 1. The summed E-state index contributed by atoms with van der Waals surface area (Å²) in [5, 5.41) is 0. The first kappa shape index (κ1) is 11.5. The number of rotatable bonds is 3. The summed E-state index contributed by atoms with van der Waals surface area (Å²) in [4.78, 5) is 13.6. The van der Waals surface area contributed by atoms with Crippen LogP contribution >= 0.6 is 0 Å². The van der Waals surface area contributed by atoms with Crippen LogP contribution in [-0.4, -0.2) is 43.2 Å². The number of hydrogen-bond donors (Lipinski definition) is 1. The van der Waals surface area contributed by atoms with Crippen LogP contribution in [0.25, 0.3) is 0 Å². The van der Waals surface area contributed by atoms with E-state index in [-0.39, 0.29) is 24.0 Å². The topological polar surface area (TPSA) is 55.6 Å². The summed E-state index contributed by atoms with van der Waals surface area (Å²) in [5.41, 5.74) is 5.79. The van der Waals surface area contributed by atoms with E-state index >= 15 is 0 Å². The molecule has 0 saturated carbocycles. The maximum absolute atomic E-state index is 11.8. The molecule has 14 heavy (non-hydrogen) atoms. The van der Waals surface area contributed by atoms with Crippen LogP contribution in [0.1, 0.15) is 20.3 Å². The molecule has 4 nitrogen and oxygen atoms in total. The fraction of sp³-hybridized carbons (Fsp3) is 0.900. The van der Waals surface area contributed by atoms with E-state index in [2.05, 4.69) is 0 Å². The molecule has 1 rings (SSSR count). The highest BCUT2D eigenvalue weighted by Gasteiger charge is 2.30. The number of amides is 1. The monoisotopic (exact) mass is 200 g/mol. The van der Waals surface area contributed by atoms with Crippen molar-refractivity contribution in [3.63, 3.8) is 0 Å². The maximum atomic E-state index is 11.8. The minimum atomic E-state index is -0.370. The van der Waals surface area contributed by atoms with Crippen molar-refractivity contribution >= 4 is 5.91 Å². The molecule has 0 aromatic heterocycles. The first-order chi connectivity index (χ1) is 6.56. The van der Waals surface area contributed by atoms with Crippen LogP contribution in [0.5, 0.6) is 0 Å². The molecule has 0 aromatic carbocycles. The predicted octanol–water partition coefficient (Wildman–Crippen LogP) is 0.217. The molecule has 1 fully saturated rings. The van der Waals surface area contributed by atoms with Crippen LogP contribution in [0, 0.1) is 5.92 Å². The second-order valence-electron chi connectivity index (χ2n) is 4.20. The molecule has 0 spiro atoms. The average Bonchev–Trinajstić information content (AvgIpc) is 2.63. The second kappa shape index (κ2) is 4.75. The van der Waals surface area contributed by atoms with E-state index in [0.717, 1.165) is 13.0 Å². The zero-order valence-corrected chi connectivity index (χ0v) is 9.19. The van der Waals surface area contributed by atoms with Gasteiger partial charge in [-0.1, -0.05) is 13.8 Å². The number of carbonyl (C=O) groups excluding carboxylic acids is 1. The van der Waals surface area contributed by atoms with Crippen molar-refractivity contribution in [3.05, 3.63) is 0 Å². The van der Waals surface area contributed by atoms with Gasteiger partial charge in [-0.05, 0) is 12.3 Å². The van der Waals surface area contributed by atoms with Gasteiger partial charge in [0.25, 0.3) is 0 Å². The fourth-order valence-corrected chi connectivity index (χ4v) is 1.62. The molecular weight excluding hydrogens is 180 g/mol. The SMILES string of the molecule is CO[C@H]1CCN(C(=O)[C@@H](N)C(C)C)C1. The first-order valence-corrected chi connectivity index (χ1v) is 5.13. The van der Waals surface area contributed by atoms with Gasteiger partial charge in [-0.15, -0.1) is 0 Å². The van der Waals surface area contributed by atoms with Crippen molar-refractivity contribution < 1.29 is 9.53 Å². The maximum Gasteiger partial charge on any atom is 0.239 e. The molecule has 0 bridgehead atoms. The van der Waals surface area contributed by atoms with E-state index in [9.17, 15) is 4.79 Å². The van der Waals surface area contributed by atoms with Crippen LogP contribution in [0.15, 0.2) is 0 Å². The normalized spacial score (nSPS) is 24.4. The van der Waals surface area contributed by atoms with Crippen LogP contribution < -0.4 is 5.73 Å². The Morgan fingerprint density at radius 2 is 2.21 bits per heavy atom. The van der Waals surface area contributed by atoms with Gasteiger partial charge in [0.15, 0.2) is 0 Å². The fourth-order valence-electron chi connectivity index (χ4n) is 1.62. The van der Waals surface area contributed by atoms with Crippen molar-refractivity contribution in [2.75, 3.05) is 20.2 Å². The number of hydrogen-bond acceptors (Lipinski definition) is 3. The van der Waals surface area contributed by atoms with Gasteiger partial charge in [-0.3, -0.25) is 4.79 Å². The highest BCUT2D eigenvalue weighted by Crippen LogP contribution is 2.14. The van der Waals surface area contributed by atoms with Crippen LogP contribution in [0.4, 0.5) is 0 Å². The van der Waals surface area contributed by atoms with Crippen molar-refractivity contribution in [3.8, 4) is 0 Å². The van der Waals surface area contributed by atoms with Gasteiger partial charge in [0.1, 0.15) is 0 Å². The average molecular weight is 200 g/mol. The number of likely N-dealkylation sites (tertiary alicyclic amines) is 1. The van der Waals surface area contributed by atoms with Gasteiger partial charge in [0.2, 0.25) is 5.91 Å². The van der Waals surface area contributed by atoms with Gasteiger partial charge >= 0.3 is 0 Å². The smallest absolute Gasteiger partial charge is 0.239 e. The quantitative estimate of drug-likeness (QED) is 0.709. The highest BCUT2D eigenvalue weighted by atomic mass is 16.5. The lowest BCUT2D eigenvalue weighted by molar-refractivity contribution is -0.132. The Morgan fingerprint density at radius 1 is 1.57 bits per heavy atom.